The largest absolute Gasteiger partial charge is 0.356 e. The van der Waals surface area contributed by atoms with Crippen LogP contribution < -0.4 is 4.90 Å². The molecule has 5 heterocycles. The number of halogens is 1. The van der Waals surface area contributed by atoms with Crippen LogP contribution in [-0.4, -0.2) is 56.4 Å². The molecule has 1 spiro atoms. The molecule has 7 nitrogen and oxygen atoms in total. The van der Waals surface area contributed by atoms with Crippen molar-refractivity contribution in [1.29, 1.82) is 0 Å². The zero-order chi connectivity index (χ0) is 19.6. The average molecular weight is 399 g/mol. The second-order valence-corrected chi connectivity index (χ2v) is 8.99. The van der Waals surface area contributed by atoms with Crippen molar-refractivity contribution in [2.24, 2.45) is 5.92 Å². The van der Waals surface area contributed by atoms with Crippen LogP contribution in [0.3, 0.4) is 0 Å². The number of piperidine rings is 1. The molecule has 1 amide bonds. The van der Waals surface area contributed by atoms with Gasteiger partial charge in [-0.05, 0) is 37.7 Å². The van der Waals surface area contributed by atoms with Crippen LogP contribution in [0.4, 0.5) is 10.2 Å². The molecular formula is C21H26FN5O2. The fraction of sp³-hybridized carbons (Fsp3) is 0.667. The highest BCUT2D eigenvalue weighted by molar-refractivity contribution is 5.88. The van der Waals surface area contributed by atoms with E-state index in [9.17, 15) is 9.18 Å². The predicted octanol–water partition coefficient (Wildman–Crippen LogP) is 2.74. The Balaban J connectivity index is 1.21. The second kappa shape index (κ2) is 6.39. The molecule has 3 saturated heterocycles. The lowest BCUT2D eigenvalue weighted by Gasteiger charge is -2.38. The summed E-state index contributed by atoms with van der Waals surface area (Å²) in [5.74, 6) is 1.25. The number of carbonyl (C=O) groups is 1. The van der Waals surface area contributed by atoms with Crippen molar-refractivity contribution < 1.29 is 13.9 Å². The Hall–Kier alpha value is -2.22. The van der Waals surface area contributed by atoms with Gasteiger partial charge in [0.15, 0.2) is 17.1 Å². The number of amides is 1. The molecule has 6 rings (SSSR count). The Kier molecular flexibility index (Phi) is 3.88. The van der Waals surface area contributed by atoms with E-state index >= 15 is 0 Å². The zero-order valence-electron chi connectivity index (χ0n) is 16.5. The second-order valence-electron chi connectivity index (χ2n) is 8.99. The molecule has 0 bridgehead atoms. The van der Waals surface area contributed by atoms with Gasteiger partial charge in [-0.3, -0.25) is 4.79 Å². The lowest BCUT2D eigenvalue weighted by atomic mass is 9.88. The van der Waals surface area contributed by atoms with Gasteiger partial charge in [0.25, 0.3) is 5.91 Å². The quantitative estimate of drug-likeness (QED) is 0.777. The summed E-state index contributed by atoms with van der Waals surface area (Å²) < 4.78 is 21.8. The van der Waals surface area contributed by atoms with Crippen LogP contribution in [0.1, 0.15) is 51.4 Å². The first-order valence-corrected chi connectivity index (χ1v) is 10.9. The highest BCUT2D eigenvalue weighted by Gasteiger charge is 2.58. The monoisotopic (exact) mass is 399 g/mol. The number of rotatable bonds is 2. The molecule has 8 heteroatoms. The molecule has 2 atom stereocenters. The highest BCUT2D eigenvalue weighted by atomic mass is 19.1. The van der Waals surface area contributed by atoms with E-state index in [0.717, 1.165) is 18.7 Å². The third-order valence-electron chi connectivity index (χ3n) is 7.54. The van der Waals surface area contributed by atoms with Crippen molar-refractivity contribution in [2.75, 3.05) is 18.0 Å². The average Bonchev–Trinajstić information content (AvgIpc) is 3.51. The third kappa shape index (κ3) is 2.54. The number of carbonyl (C=O) groups excluding carboxylic acids is 1. The van der Waals surface area contributed by atoms with Gasteiger partial charge in [0, 0.05) is 38.2 Å². The summed E-state index contributed by atoms with van der Waals surface area (Å²) in [5, 5.41) is 4.13. The zero-order valence-corrected chi connectivity index (χ0v) is 16.5. The van der Waals surface area contributed by atoms with Crippen LogP contribution in [0.25, 0.3) is 5.65 Å². The third-order valence-corrected chi connectivity index (χ3v) is 7.54. The molecule has 2 aromatic rings. The molecule has 1 saturated carbocycles. The van der Waals surface area contributed by atoms with Crippen LogP contribution >= 0.6 is 0 Å². The van der Waals surface area contributed by atoms with Crippen molar-refractivity contribution in [3.63, 3.8) is 0 Å². The number of hydrogen-bond donors (Lipinski definition) is 0. The van der Waals surface area contributed by atoms with E-state index < -0.39 is 11.4 Å². The fourth-order valence-electron chi connectivity index (χ4n) is 6.07. The molecule has 3 aliphatic heterocycles. The molecule has 4 fully saturated rings. The molecule has 2 aromatic heterocycles. The van der Waals surface area contributed by atoms with Gasteiger partial charge in [-0.15, -0.1) is 0 Å². The summed E-state index contributed by atoms with van der Waals surface area (Å²) in [4.78, 5) is 21.8. The van der Waals surface area contributed by atoms with Gasteiger partial charge in [0.2, 0.25) is 0 Å². The van der Waals surface area contributed by atoms with Crippen LogP contribution in [0.15, 0.2) is 18.5 Å². The topological polar surface area (TPSA) is 63.0 Å². The summed E-state index contributed by atoms with van der Waals surface area (Å²) in [6, 6.07) is 2.22. The van der Waals surface area contributed by atoms with Crippen LogP contribution in [-0.2, 0) is 9.53 Å². The summed E-state index contributed by atoms with van der Waals surface area (Å²) in [6.07, 6.45) is 11.2. The van der Waals surface area contributed by atoms with Crippen molar-refractivity contribution in [1.82, 2.24) is 19.5 Å². The van der Waals surface area contributed by atoms with Crippen molar-refractivity contribution >= 4 is 17.4 Å². The maximum absolute atomic E-state index is 13.8. The van der Waals surface area contributed by atoms with Gasteiger partial charge < -0.3 is 14.5 Å². The molecule has 29 heavy (non-hydrogen) atoms. The molecule has 0 aromatic carbocycles. The van der Waals surface area contributed by atoms with E-state index in [4.69, 9.17) is 4.74 Å². The number of nitrogens with zero attached hydrogens (tertiary/aromatic N) is 5. The maximum atomic E-state index is 13.8. The Labute approximate surface area is 168 Å². The van der Waals surface area contributed by atoms with E-state index in [1.165, 1.54) is 31.9 Å². The van der Waals surface area contributed by atoms with E-state index in [1.807, 2.05) is 6.07 Å². The van der Waals surface area contributed by atoms with Crippen LogP contribution in [0.2, 0.25) is 0 Å². The molecule has 154 valence electrons. The molecule has 0 radical (unpaired) electrons. The number of hydrogen-bond acceptors (Lipinski definition) is 5. The first-order chi connectivity index (χ1) is 14.2. The van der Waals surface area contributed by atoms with Crippen molar-refractivity contribution in [3.8, 4) is 0 Å². The van der Waals surface area contributed by atoms with E-state index in [0.29, 0.717) is 37.9 Å². The van der Waals surface area contributed by atoms with Gasteiger partial charge in [0.05, 0.1) is 6.20 Å². The standard InChI is InChI=1S/C21H26FN5O2/c22-15-13-24-27-17(7-10-23-19(15)27)25-11-8-21(9-12-25)20(28)26-16(5-6-18(26)29-21)14-3-1-2-4-14/h7,10,13-14,16,18H,1-6,8-9,11-12H2/t16-,18+/m0/s1. The summed E-state index contributed by atoms with van der Waals surface area (Å²) >= 11 is 0. The smallest absolute Gasteiger partial charge is 0.257 e. The first-order valence-electron chi connectivity index (χ1n) is 10.9. The minimum Gasteiger partial charge on any atom is -0.356 e. The summed E-state index contributed by atoms with van der Waals surface area (Å²) in [7, 11) is 0. The van der Waals surface area contributed by atoms with Gasteiger partial charge in [0.1, 0.15) is 12.0 Å². The normalized spacial score (nSPS) is 29.5. The van der Waals surface area contributed by atoms with Gasteiger partial charge in [-0.1, -0.05) is 12.8 Å². The van der Waals surface area contributed by atoms with Crippen LogP contribution in [0, 0.1) is 11.7 Å². The van der Waals surface area contributed by atoms with E-state index in [2.05, 4.69) is 19.9 Å². The lowest BCUT2D eigenvalue weighted by Crippen LogP contribution is -2.52. The SMILES string of the molecule is O=C1N2[C@@H](CC[C@H]2C2CCCC2)OC12CCN(c1ccnc3c(F)cnn13)CC2. The van der Waals surface area contributed by atoms with Crippen molar-refractivity contribution in [2.45, 2.75) is 69.2 Å². The lowest BCUT2D eigenvalue weighted by molar-refractivity contribution is -0.140. The number of anilines is 1. The fourth-order valence-corrected chi connectivity index (χ4v) is 6.07. The highest BCUT2D eigenvalue weighted by Crippen LogP contribution is 2.47. The minimum atomic E-state index is -0.681. The molecule has 4 aliphatic rings. The number of fused-ring (bicyclic) bond motifs is 2. The Bertz CT molecular complexity index is 948. The van der Waals surface area contributed by atoms with Crippen LogP contribution in [0.5, 0.6) is 0 Å². The molecule has 1 aliphatic carbocycles. The predicted molar refractivity (Wildman–Crippen MR) is 104 cm³/mol. The minimum absolute atomic E-state index is 0.0347. The maximum Gasteiger partial charge on any atom is 0.257 e. The first kappa shape index (κ1) is 17.6. The molecule has 0 N–H and O–H groups in total. The molecular weight excluding hydrogens is 373 g/mol. The van der Waals surface area contributed by atoms with Gasteiger partial charge in [-0.2, -0.15) is 9.61 Å². The van der Waals surface area contributed by atoms with Crippen molar-refractivity contribution in [3.05, 3.63) is 24.3 Å². The summed E-state index contributed by atoms with van der Waals surface area (Å²) in [5.41, 5.74) is -0.448. The number of aromatic nitrogens is 3. The Morgan fingerprint density at radius 3 is 2.72 bits per heavy atom. The Morgan fingerprint density at radius 2 is 1.93 bits per heavy atom. The number of ether oxygens (including phenoxy) is 1. The van der Waals surface area contributed by atoms with Gasteiger partial charge >= 0.3 is 0 Å². The van der Waals surface area contributed by atoms with Gasteiger partial charge in [-0.25, -0.2) is 9.37 Å². The van der Waals surface area contributed by atoms with E-state index in [1.54, 1.807) is 10.7 Å². The van der Waals surface area contributed by atoms with E-state index in [-0.39, 0.29) is 17.8 Å². The molecule has 0 unspecified atom stereocenters. The Morgan fingerprint density at radius 1 is 1.14 bits per heavy atom. The summed E-state index contributed by atoms with van der Waals surface area (Å²) in [6.45, 7) is 1.36.